The smallest absolute Gasteiger partial charge is 0.148 e. The Balaban J connectivity index is 1.65. The van der Waals surface area contributed by atoms with E-state index in [1.54, 1.807) is 24.7 Å². The minimum atomic E-state index is -0.266. The molecule has 1 fully saturated rings. The van der Waals surface area contributed by atoms with Gasteiger partial charge in [0.25, 0.3) is 0 Å². The van der Waals surface area contributed by atoms with Crippen LogP contribution in [0.4, 0.5) is 10.1 Å². The van der Waals surface area contributed by atoms with E-state index in [2.05, 4.69) is 14.9 Å². The van der Waals surface area contributed by atoms with Crippen molar-refractivity contribution in [3.05, 3.63) is 66.5 Å². The van der Waals surface area contributed by atoms with Crippen molar-refractivity contribution in [2.45, 2.75) is 26.2 Å². The molecular formula is C23H22FN5. The van der Waals surface area contributed by atoms with Crippen LogP contribution >= 0.6 is 0 Å². The molecule has 0 aliphatic carbocycles. The molecule has 1 aromatic carbocycles. The lowest BCUT2D eigenvalue weighted by Crippen LogP contribution is -2.29. The lowest BCUT2D eigenvalue weighted by atomic mass is 10.1. The Bertz CT molecular complexity index is 1160. The summed E-state index contributed by atoms with van der Waals surface area (Å²) in [6.07, 6.45) is 8.81. The van der Waals surface area contributed by atoms with Crippen LogP contribution in [0.25, 0.3) is 28.1 Å². The summed E-state index contributed by atoms with van der Waals surface area (Å²) in [7, 11) is 0. The molecule has 4 aromatic rings. The van der Waals surface area contributed by atoms with Crippen molar-refractivity contribution in [3.63, 3.8) is 0 Å². The Morgan fingerprint density at radius 3 is 2.52 bits per heavy atom. The van der Waals surface area contributed by atoms with E-state index in [-0.39, 0.29) is 5.82 Å². The molecule has 0 saturated carbocycles. The van der Waals surface area contributed by atoms with Gasteiger partial charge < -0.3 is 4.90 Å². The fraction of sp³-hybridized carbons (Fsp3) is 0.261. The first-order chi connectivity index (χ1) is 14.2. The summed E-state index contributed by atoms with van der Waals surface area (Å²) >= 11 is 0. The maximum Gasteiger partial charge on any atom is 0.148 e. The van der Waals surface area contributed by atoms with Crippen molar-refractivity contribution in [1.29, 1.82) is 0 Å². The third kappa shape index (κ3) is 3.24. The molecule has 6 heteroatoms. The fourth-order valence-corrected chi connectivity index (χ4v) is 3.99. The normalized spacial score (nSPS) is 14.5. The van der Waals surface area contributed by atoms with Gasteiger partial charge in [-0.25, -0.2) is 9.37 Å². The van der Waals surface area contributed by atoms with E-state index >= 15 is 4.39 Å². The first-order valence-corrected chi connectivity index (χ1v) is 10.0. The summed E-state index contributed by atoms with van der Waals surface area (Å²) in [5, 5.41) is 0. The number of piperidine rings is 1. The quantitative estimate of drug-likeness (QED) is 0.501. The third-order valence-electron chi connectivity index (χ3n) is 5.53. The number of aryl methyl sites for hydroxylation is 1. The largest absolute Gasteiger partial charge is 0.371 e. The van der Waals surface area contributed by atoms with E-state index < -0.39 is 0 Å². The second kappa shape index (κ2) is 7.28. The van der Waals surface area contributed by atoms with Gasteiger partial charge in [0, 0.05) is 30.7 Å². The summed E-state index contributed by atoms with van der Waals surface area (Å²) in [6.45, 7) is 3.91. The number of benzene rings is 1. The van der Waals surface area contributed by atoms with E-state index in [0.29, 0.717) is 11.4 Å². The third-order valence-corrected chi connectivity index (χ3v) is 5.53. The lowest BCUT2D eigenvalue weighted by molar-refractivity contribution is 0.574. The van der Waals surface area contributed by atoms with Gasteiger partial charge in [-0.05, 0) is 62.6 Å². The lowest BCUT2D eigenvalue weighted by Gasteiger charge is -2.29. The Kier molecular flexibility index (Phi) is 4.46. The highest BCUT2D eigenvalue weighted by Gasteiger charge is 2.19. The molecule has 0 N–H and O–H groups in total. The molecule has 29 heavy (non-hydrogen) atoms. The molecule has 5 nitrogen and oxygen atoms in total. The van der Waals surface area contributed by atoms with E-state index in [0.717, 1.165) is 54.0 Å². The van der Waals surface area contributed by atoms with Crippen LogP contribution in [0, 0.1) is 12.7 Å². The molecule has 5 rings (SSSR count). The SMILES string of the molecule is Cc1ccc(-n2c(-c3ccc(N4CCCCC4)cc3F)nc3ccncc32)cn1. The number of aromatic nitrogens is 4. The molecule has 146 valence electrons. The molecule has 3 aromatic heterocycles. The number of fused-ring (bicyclic) bond motifs is 1. The van der Waals surface area contributed by atoms with Crippen molar-refractivity contribution < 1.29 is 4.39 Å². The Labute approximate surface area is 168 Å². The van der Waals surface area contributed by atoms with Gasteiger partial charge in [0.15, 0.2) is 0 Å². The first-order valence-electron chi connectivity index (χ1n) is 10.0. The van der Waals surface area contributed by atoms with Crippen LogP contribution in [0.1, 0.15) is 25.0 Å². The maximum atomic E-state index is 15.3. The molecular weight excluding hydrogens is 365 g/mol. The van der Waals surface area contributed by atoms with Crippen molar-refractivity contribution >= 4 is 16.7 Å². The molecule has 1 aliphatic heterocycles. The van der Waals surface area contributed by atoms with E-state index in [9.17, 15) is 0 Å². The number of nitrogens with zero attached hydrogens (tertiary/aromatic N) is 5. The number of rotatable bonds is 3. The van der Waals surface area contributed by atoms with Gasteiger partial charge >= 0.3 is 0 Å². The minimum absolute atomic E-state index is 0.266. The van der Waals surface area contributed by atoms with Gasteiger partial charge in [-0.1, -0.05) is 0 Å². The number of anilines is 1. The van der Waals surface area contributed by atoms with Crippen molar-refractivity contribution in [2.75, 3.05) is 18.0 Å². The molecule has 0 radical (unpaired) electrons. The summed E-state index contributed by atoms with van der Waals surface area (Å²) in [5.74, 6) is 0.291. The summed E-state index contributed by atoms with van der Waals surface area (Å²) < 4.78 is 17.2. The Morgan fingerprint density at radius 1 is 0.931 bits per heavy atom. The van der Waals surface area contributed by atoms with Crippen LogP contribution in [-0.4, -0.2) is 32.6 Å². The number of imidazole rings is 1. The predicted molar refractivity (Wildman–Crippen MR) is 113 cm³/mol. The van der Waals surface area contributed by atoms with Gasteiger partial charge in [-0.2, -0.15) is 0 Å². The van der Waals surface area contributed by atoms with Crippen LogP contribution in [0.3, 0.4) is 0 Å². The molecule has 0 amide bonds. The topological polar surface area (TPSA) is 46.8 Å². The van der Waals surface area contributed by atoms with Crippen molar-refractivity contribution in [1.82, 2.24) is 19.5 Å². The zero-order valence-corrected chi connectivity index (χ0v) is 16.3. The zero-order chi connectivity index (χ0) is 19.8. The maximum absolute atomic E-state index is 15.3. The van der Waals surface area contributed by atoms with Crippen molar-refractivity contribution in [2.24, 2.45) is 0 Å². The second-order valence-corrected chi connectivity index (χ2v) is 7.50. The highest BCUT2D eigenvalue weighted by atomic mass is 19.1. The summed E-state index contributed by atoms with van der Waals surface area (Å²) in [4.78, 5) is 15.6. The molecule has 1 aliphatic rings. The van der Waals surface area contributed by atoms with Crippen molar-refractivity contribution in [3.8, 4) is 17.1 Å². The van der Waals surface area contributed by atoms with Crippen LogP contribution < -0.4 is 4.90 Å². The van der Waals surface area contributed by atoms with Crippen LogP contribution in [0.5, 0.6) is 0 Å². The van der Waals surface area contributed by atoms with E-state index in [4.69, 9.17) is 4.98 Å². The molecule has 0 atom stereocenters. The average Bonchev–Trinajstić information content (AvgIpc) is 3.14. The minimum Gasteiger partial charge on any atom is -0.371 e. The number of hydrogen-bond donors (Lipinski definition) is 0. The summed E-state index contributed by atoms with van der Waals surface area (Å²) in [6, 6.07) is 11.2. The molecule has 0 spiro atoms. The molecule has 0 bridgehead atoms. The zero-order valence-electron chi connectivity index (χ0n) is 16.3. The highest BCUT2D eigenvalue weighted by Crippen LogP contribution is 2.32. The van der Waals surface area contributed by atoms with Crippen LogP contribution in [0.2, 0.25) is 0 Å². The predicted octanol–water partition coefficient (Wildman–Crippen LogP) is 4.92. The Hall–Kier alpha value is -3.28. The van der Waals surface area contributed by atoms with Gasteiger partial charge in [0.1, 0.15) is 11.6 Å². The molecule has 4 heterocycles. The monoisotopic (exact) mass is 387 g/mol. The van der Waals surface area contributed by atoms with E-state index in [1.165, 1.54) is 6.42 Å². The average molecular weight is 387 g/mol. The molecule has 1 saturated heterocycles. The summed E-state index contributed by atoms with van der Waals surface area (Å²) in [5.41, 5.74) is 4.77. The van der Waals surface area contributed by atoms with Gasteiger partial charge in [-0.3, -0.25) is 14.5 Å². The van der Waals surface area contributed by atoms with Gasteiger partial charge in [-0.15, -0.1) is 0 Å². The second-order valence-electron chi connectivity index (χ2n) is 7.50. The van der Waals surface area contributed by atoms with Gasteiger partial charge in [0.05, 0.1) is 34.7 Å². The van der Waals surface area contributed by atoms with Gasteiger partial charge in [0.2, 0.25) is 0 Å². The number of hydrogen-bond acceptors (Lipinski definition) is 4. The Morgan fingerprint density at radius 2 is 1.76 bits per heavy atom. The standard InChI is InChI=1S/C23H22FN5/c1-16-5-6-18(14-26-16)29-22-15-25-10-9-21(22)27-23(29)19-8-7-17(13-20(19)24)28-11-3-2-4-12-28/h5-10,13-15H,2-4,11-12H2,1H3. The van der Waals surface area contributed by atoms with Crippen LogP contribution in [-0.2, 0) is 0 Å². The van der Waals surface area contributed by atoms with Crippen LogP contribution in [0.15, 0.2) is 55.0 Å². The fourth-order valence-electron chi connectivity index (χ4n) is 3.99. The number of halogens is 1. The molecule has 0 unspecified atom stereocenters. The highest BCUT2D eigenvalue weighted by molar-refractivity contribution is 5.82. The van der Waals surface area contributed by atoms with E-state index in [1.807, 2.05) is 41.8 Å². The first kappa shape index (κ1) is 17.8. The number of pyridine rings is 2.